The molecule has 2 N–H and O–H groups in total. The summed E-state index contributed by atoms with van der Waals surface area (Å²) in [6, 6.07) is 7.79. The maximum Gasteiger partial charge on any atom is 0.196 e. The van der Waals surface area contributed by atoms with Crippen LogP contribution in [0, 0.1) is 0 Å². The predicted molar refractivity (Wildman–Crippen MR) is 71.0 cm³/mol. The van der Waals surface area contributed by atoms with Gasteiger partial charge in [-0.3, -0.25) is 0 Å². The molecular formula is C13H13N5O. The lowest BCUT2D eigenvalue weighted by Gasteiger charge is -2.04. The number of methoxy groups -OCH3 is 1. The fourth-order valence-corrected chi connectivity index (χ4v) is 1.90. The third-order valence-electron chi connectivity index (χ3n) is 2.84. The molecule has 0 atom stereocenters. The zero-order chi connectivity index (χ0) is 13.2. The Bertz CT molecular complexity index is 705. The van der Waals surface area contributed by atoms with Crippen molar-refractivity contribution in [3.8, 4) is 5.75 Å². The Balaban J connectivity index is 1.91. The van der Waals surface area contributed by atoms with Gasteiger partial charge in [-0.15, -0.1) is 0 Å². The lowest BCUT2D eigenvalue weighted by atomic mass is 10.1. The largest absolute Gasteiger partial charge is 0.497 e. The van der Waals surface area contributed by atoms with Crippen molar-refractivity contribution >= 4 is 11.5 Å². The first-order valence-corrected chi connectivity index (χ1v) is 5.85. The second-order valence-corrected chi connectivity index (χ2v) is 4.13. The summed E-state index contributed by atoms with van der Waals surface area (Å²) in [4.78, 5) is 8.35. The highest BCUT2D eigenvalue weighted by Crippen LogP contribution is 2.14. The molecule has 3 aromatic rings. The van der Waals surface area contributed by atoms with Gasteiger partial charge in [-0.2, -0.15) is 5.10 Å². The van der Waals surface area contributed by atoms with Crippen LogP contribution in [0.1, 0.15) is 11.4 Å². The molecular weight excluding hydrogens is 242 g/mol. The quantitative estimate of drug-likeness (QED) is 0.763. The zero-order valence-corrected chi connectivity index (χ0v) is 10.4. The minimum atomic E-state index is 0.392. The van der Waals surface area contributed by atoms with Crippen LogP contribution in [0.2, 0.25) is 0 Å². The molecule has 0 amide bonds. The first kappa shape index (κ1) is 11.5. The standard InChI is InChI=1S/C13H13N5O/c1-19-10-4-2-9(3-5-10)8-11-16-12(14)13-15-6-7-18(13)17-11/h2-7H,8H2,1H3,(H2,14,16,17). The molecule has 0 aliphatic rings. The Labute approximate surface area is 109 Å². The van der Waals surface area contributed by atoms with Crippen molar-refractivity contribution in [1.82, 2.24) is 19.6 Å². The number of nitrogens with zero attached hydrogens (tertiary/aromatic N) is 4. The van der Waals surface area contributed by atoms with Crippen LogP contribution in [-0.4, -0.2) is 26.7 Å². The molecule has 0 unspecified atom stereocenters. The second-order valence-electron chi connectivity index (χ2n) is 4.13. The number of hydrogen-bond donors (Lipinski definition) is 1. The number of ether oxygens (including phenoxy) is 1. The summed E-state index contributed by atoms with van der Waals surface area (Å²) in [5.41, 5.74) is 7.53. The molecule has 6 heteroatoms. The molecule has 96 valence electrons. The zero-order valence-electron chi connectivity index (χ0n) is 10.4. The molecule has 6 nitrogen and oxygen atoms in total. The maximum absolute atomic E-state index is 5.85. The molecule has 0 aliphatic heterocycles. The highest BCUT2D eigenvalue weighted by Gasteiger charge is 2.06. The fraction of sp³-hybridized carbons (Fsp3) is 0.154. The van der Waals surface area contributed by atoms with Crippen molar-refractivity contribution in [3.05, 3.63) is 48.0 Å². The van der Waals surface area contributed by atoms with E-state index in [1.54, 1.807) is 24.0 Å². The predicted octanol–water partition coefficient (Wildman–Crippen LogP) is 1.31. The number of nitrogen functional groups attached to an aromatic ring is 1. The van der Waals surface area contributed by atoms with E-state index in [-0.39, 0.29) is 0 Å². The van der Waals surface area contributed by atoms with Gasteiger partial charge in [0.15, 0.2) is 17.3 Å². The van der Waals surface area contributed by atoms with E-state index in [2.05, 4.69) is 15.1 Å². The van der Waals surface area contributed by atoms with Gasteiger partial charge in [0.05, 0.1) is 7.11 Å². The van der Waals surface area contributed by atoms with Gasteiger partial charge in [0, 0.05) is 18.8 Å². The van der Waals surface area contributed by atoms with Crippen LogP contribution in [0.3, 0.4) is 0 Å². The maximum atomic E-state index is 5.85. The summed E-state index contributed by atoms with van der Waals surface area (Å²) in [7, 11) is 1.64. The summed E-state index contributed by atoms with van der Waals surface area (Å²) in [6.07, 6.45) is 4.02. The smallest absolute Gasteiger partial charge is 0.196 e. The van der Waals surface area contributed by atoms with E-state index < -0.39 is 0 Å². The van der Waals surface area contributed by atoms with Gasteiger partial charge < -0.3 is 10.5 Å². The summed E-state index contributed by atoms with van der Waals surface area (Å²) in [5, 5.41) is 4.37. The second kappa shape index (κ2) is 4.56. The average molecular weight is 255 g/mol. The molecule has 2 heterocycles. The summed E-state index contributed by atoms with van der Waals surface area (Å²) in [5.74, 6) is 1.88. The molecule has 0 saturated carbocycles. The molecule has 0 fully saturated rings. The van der Waals surface area contributed by atoms with E-state index in [4.69, 9.17) is 10.5 Å². The number of benzene rings is 1. The fourth-order valence-electron chi connectivity index (χ4n) is 1.90. The summed E-state index contributed by atoms with van der Waals surface area (Å²) < 4.78 is 6.76. The molecule has 1 aromatic carbocycles. The number of rotatable bonds is 3. The van der Waals surface area contributed by atoms with Crippen LogP contribution in [0.4, 0.5) is 5.82 Å². The van der Waals surface area contributed by atoms with Crippen LogP contribution in [0.5, 0.6) is 5.75 Å². The van der Waals surface area contributed by atoms with Crippen molar-refractivity contribution in [2.45, 2.75) is 6.42 Å². The summed E-state index contributed by atoms with van der Waals surface area (Å²) >= 11 is 0. The molecule has 0 spiro atoms. The van der Waals surface area contributed by atoms with Crippen LogP contribution in [-0.2, 0) is 6.42 Å². The molecule has 0 radical (unpaired) electrons. The van der Waals surface area contributed by atoms with E-state index in [0.717, 1.165) is 11.3 Å². The average Bonchev–Trinajstić information content (AvgIpc) is 2.88. The lowest BCUT2D eigenvalue weighted by Crippen LogP contribution is -2.06. The van der Waals surface area contributed by atoms with E-state index in [9.17, 15) is 0 Å². The molecule has 0 aliphatic carbocycles. The number of nitrogens with two attached hydrogens (primary N) is 1. The van der Waals surface area contributed by atoms with E-state index in [0.29, 0.717) is 23.7 Å². The minimum absolute atomic E-state index is 0.392. The van der Waals surface area contributed by atoms with E-state index >= 15 is 0 Å². The van der Waals surface area contributed by atoms with Gasteiger partial charge in [0.25, 0.3) is 0 Å². The van der Waals surface area contributed by atoms with Gasteiger partial charge in [-0.25, -0.2) is 14.5 Å². The van der Waals surface area contributed by atoms with E-state index in [1.807, 2.05) is 24.3 Å². The minimum Gasteiger partial charge on any atom is -0.497 e. The number of fused-ring (bicyclic) bond motifs is 1. The van der Waals surface area contributed by atoms with Gasteiger partial charge in [0.1, 0.15) is 5.75 Å². The Hall–Kier alpha value is -2.63. The molecule has 19 heavy (non-hydrogen) atoms. The monoisotopic (exact) mass is 255 g/mol. The van der Waals surface area contributed by atoms with Crippen LogP contribution in [0.25, 0.3) is 5.65 Å². The third-order valence-corrected chi connectivity index (χ3v) is 2.84. The Morgan fingerprint density at radius 3 is 2.79 bits per heavy atom. The first-order chi connectivity index (χ1) is 9.26. The van der Waals surface area contributed by atoms with Gasteiger partial charge in [0.2, 0.25) is 0 Å². The van der Waals surface area contributed by atoms with Crippen molar-refractivity contribution in [2.75, 3.05) is 12.8 Å². The van der Waals surface area contributed by atoms with Gasteiger partial charge >= 0.3 is 0 Å². The van der Waals surface area contributed by atoms with Crippen LogP contribution >= 0.6 is 0 Å². The lowest BCUT2D eigenvalue weighted by molar-refractivity contribution is 0.414. The molecule has 2 aromatic heterocycles. The van der Waals surface area contributed by atoms with Crippen molar-refractivity contribution in [3.63, 3.8) is 0 Å². The van der Waals surface area contributed by atoms with E-state index in [1.165, 1.54) is 0 Å². The Morgan fingerprint density at radius 2 is 2.05 bits per heavy atom. The van der Waals surface area contributed by atoms with Gasteiger partial charge in [-0.1, -0.05) is 12.1 Å². The number of anilines is 1. The van der Waals surface area contributed by atoms with Crippen molar-refractivity contribution < 1.29 is 4.74 Å². The van der Waals surface area contributed by atoms with Crippen LogP contribution in [0.15, 0.2) is 36.7 Å². The van der Waals surface area contributed by atoms with Crippen molar-refractivity contribution in [1.29, 1.82) is 0 Å². The number of hydrogen-bond acceptors (Lipinski definition) is 5. The highest BCUT2D eigenvalue weighted by atomic mass is 16.5. The van der Waals surface area contributed by atoms with Gasteiger partial charge in [-0.05, 0) is 17.7 Å². The Kier molecular flexibility index (Phi) is 2.75. The molecule has 0 bridgehead atoms. The number of aromatic nitrogens is 4. The number of imidazole rings is 1. The Morgan fingerprint density at radius 1 is 1.26 bits per heavy atom. The molecule has 3 rings (SSSR count). The molecule has 0 saturated heterocycles. The normalized spacial score (nSPS) is 10.8. The van der Waals surface area contributed by atoms with Crippen molar-refractivity contribution in [2.24, 2.45) is 0 Å². The highest BCUT2D eigenvalue weighted by molar-refractivity contribution is 5.58. The first-order valence-electron chi connectivity index (χ1n) is 5.85. The summed E-state index contributed by atoms with van der Waals surface area (Å²) in [6.45, 7) is 0. The third kappa shape index (κ3) is 2.20. The SMILES string of the molecule is COc1ccc(Cc2nc(N)c3nccn3n2)cc1. The topological polar surface area (TPSA) is 78.3 Å². The van der Waals surface area contributed by atoms with Crippen LogP contribution < -0.4 is 10.5 Å².